The number of aromatic amines is 1. The molecule has 4 heteroatoms. The Morgan fingerprint density at radius 3 is 2.20 bits per heavy atom. The second-order valence-electron chi connectivity index (χ2n) is 5.69. The molecule has 0 amide bonds. The van der Waals surface area contributed by atoms with Crippen molar-refractivity contribution >= 4 is 27.5 Å². The molecule has 4 aromatic rings. The topological polar surface area (TPSA) is 28.7 Å². The van der Waals surface area contributed by atoms with Gasteiger partial charge in [0.1, 0.15) is 5.82 Å². The molecule has 25 heavy (non-hydrogen) atoms. The molecule has 0 bridgehead atoms. The number of hydrogen-bond acceptors (Lipinski definition) is 1. The van der Waals surface area contributed by atoms with Crippen LogP contribution in [0.5, 0.6) is 0 Å². The predicted molar refractivity (Wildman–Crippen MR) is 108 cm³/mol. The maximum absolute atomic E-state index is 6.19. The first-order valence-corrected chi connectivity index (χ1v) is 9.05. The standard InChI is InChI=1S/C21H14BrClN2/c22-17-11-9-15(10-12-17)21-24-19(14-5-2-1-3-6-14)20(25-21)16-7-4-8-18(23)13-16/h1-13H,(H,24,25). The molecule has 0 aliphatic heterocycles. The SMILES string of the molecule is Clc1cccc(-c2nc(-c3ccc(Br)cc3)[nH]c2-c2ccccc2)c1. The molecule has 0 radical (unpaired) electrons. The quantitative estimate of drug-likeness (QED) is 0.395. The molecule has 0 spiro atoms. The van der Waals surface area contributed by atoms with Crippen molar-refractivity contribution in [2.24, 2.45) is 0 Å². The zero-order chi connectivity index (χ0) is 17.2. The summed E-state index contributed by atoms with van der Waals surface area (Å²) in [6, 6.07) is 26.1. The van der Waals surface area contributed by atoms with E-state index in [9.17, 15) is 0 Å². The number of H-pyrrole nitrogens is 1. The highest BCUT2D eigenvalue weighted by atomic mass is 79.9. The van der Waals surface area contributed by atoms with Crippen LogP contribution in [0.15, 0.2) is 83.3 Å². The fourth-order valence-corrected chi connectivity index (χ4v) is 3.23. The number of benzene rings is 3. The predicted octanol–water partition coefficient (Wildman–Crippen LogP) is 6.83. The van der Waals surface area contributed by atoms with Crippen molar-refractivity contribution < 1.29 is 0 Å². The Balaban J connectivity index is 1.90. The Hall–Kier alpha value is -2.36. The van der Waals surface area contributed by atoms with E-state index in [4.69, 9.17) is 16.6 Å². The monoisotopic (exact) mass is 408 g/mol. The van der Waals surface area contributed by atoms with Gasteiger partial charge in [-0.15, -0.1) is 0 Å². The lowest BCUT2D eigenvalue weighted by molar-refractivity contribution is 1.31. The minimum atomic E-state index is 0.699. The zero-order valence-corrected chi connectivity index (χ0v) is 15.6. The molecule has 0 unspecified atom stereocenters. The molecule has 0 saturated heterocycles. The van der Waals surface area contributed by atoms with Gasteiger partial charge in [-0.05, 0) is 24.3 Å². The fraction of sp³-hybridized carbons (Fsp3) is 0. The lowest BCUT2D eigenvalue weighted by Gasteiger charge is -2.03. The molecular weight excluding hydrogens is 396 g/mol. The summed E-state index contributed by atoms with van der Waals surface area (Å²) in [5, 5.41) is 0.699. The number of rotatable bonds is 3. The maximum Gasteiger partial charge on any atom is 0.138 e. The molecule has 0 aliphatic rings. The van der Waals surface area contributed by atoms with Crippen LogP contribution in [-0.2, 0) is 0 Å². The molecule has 0 saturated carbocycles. The molecule has 122 valence electrons. The first kappa shape index (κ1) is 16.1. The van der Waals surface area contributed by atoms with E-state index >= 15 is 0 Å². The van der Waals surface area contributed by atoms with E-state index in [1.165, 1.54) is 0 Å². The highest BCUT2D eigenvalue weighted by Crippen LogP contribution is 2.34. The van der Waals surface area contributed by atoms with Gasteiger partial charge in [0, 0.05) is 26.2 Å². The highest BCUT2D eigenvalue weighted by molar-refractivity contribution is 9.10. The van der Waals surface area contributed by atoms with E-state index in [2.05, 4.69) is 33.0 Å². The highest BCUT2D eigenvalue weighted by Gasteiger charge is 2.15. The molecule has 1 aromatic heterocycles. The van der Waals surface area contributed by atoms with Crippen LogP contribution in [-0.4, -0.2) is 9.97 Å². The van der Waals surface area contributed by atoms with Crippen LogP contribution < -0.4 is 0 Å². The van der Waals surface area contributed by atoms with Crippen LogP contribution in [0.4, 0.5) is 0 Å². The molecule has 4 rings (SSSR count). The van der Waals surface area contributed by atoms with Crippen LogP contribution >= 0.6 is 27.5 Å². The number of hydrogen-bond donors (Lipinski definition) is 1. The van der Waals surface area contributed by atoms with Crippen molar-refractivity contribution in [2.45, 2.75) is 0 Å². The molecule has 1 heterocycles. The maximum atomic E-state index is 6.19. The minimum Gasteiger partial charge on any atom is -0.337 e. The van der Waals surface area contributed by atoms with E-state index in [1.54, 1.807) is 0 Å². The van der Waals surface area contributed by atoms with Gasteiger partial charge in [-0.25, -0.2) is 4.98 Å². The van der Waals surface area contributed by atoms with E-state index in [-0.39, 0.29) is 0 Å². The van der Waals surface area contributed by atoms with Gasteiger partial charge in [0.15, 0.2) is 0 Å². The average Bonchev–Trinajstić information content (AvgIpc) is 3.08. The van der Waals surface area contributed by atoms with Gasteiger partial charge in [-0.3, -0.25) is 0 Å². The second-order valence-corrected chi connectivity index (χ2v) is 7.04. The first-order valence-electron chi connectivity index (χ1n) is 7.88. The van der Waals surface area contributed by atoms with Crippen LogP contribution in [0.2, 0.25) is 5.02 Å². The Labute approximate surface area is 159 Å². The summed E-state index contributed by atoms with van der Waals surface area (Å²) >= 11 is 9.66. The normalized spacial score (nSPS) is 10.8. The van der Waals surface area contributed by atoms with Crippen molar-refractivity contribution in [3.05, 3.63) is 88.4 Å². The number of nitrogens with one attached hydrogen (secondary N) is 1. The Bertz CT molecular complexity index is 1010. The van der Waals surface area contributed by atoms with Crippen molar-refractivity contribution in [1.82, 2.24) is 9.97 Å². The molecule has 1 N–H and O–H groups in total. The molecule has 3 aromatic carbocycles. The average molecular weight is 410 g/mol. The zero-order valence-electron chi connectivity index (χ0n) is 13.2. The first-order chi connectivity index (χ1) is 12.2. The molecule has 2 nitrogen and oxygen atoms in total. The fourth-order valence-electron chi connectivity index (χ4n) is 2.78. The lowest BCUT2D eigenvalue weighted by Crippen LogP contribution is -1.83. The van der Waals surface area contributed by atoms with E-state index in [1.807, 2.05) is 66.7 Å². The number of imidazole rings is 1. The summed E-state index contributed by atoms with van der Waals surface area (Å²) in [4.78, 5) is 8.35. The third-order valence-electron chi connectivity index (χ3n) is 3.98. The smallest absolute Gasteiger partial charge is 0.138 e. The van der Waals surface area contributed by atoms with Crippen LogP contribution in [0.3, 0.4) is 0 Å². The number of halogens is 2. The number of aromatic nitrogens is 2. The Morgan fingerprint density at radius 1 is 0.760 bits per heavy atom. The van der Waals surface area contributed by atoms with Gasteiger partial charge in [0.05, 0.1) is 11.4 Å². The van der Waals surface area contributed by atoms with Crippen LogP contribution in [0.25, 0.3) is 33.9 Å². The third kappa shape index (κ3) is 3.39. The number of nitrogens with zero attached hydrogens (tertiary/aromatic N) is 1. The summed E-state index contributed by atoms with van der Waals surface area (Å²) < 4.78 is 1.04. The summed E-state index contributed by atoms with van der Waals surface area (Å²) in [6.07, 6.45) is 0. The van der Waals surface area contributed by atoms with Gasteiger partial charge in [0.2, 0.25) is 0 Å². The van der Waals surface area contributed by atoms with Crippen molar-refractivity contribution in [3.63, 3.8) is 0 Å². The Morgan fingerprint density at radius 2 is 1.48 bits per heavy atom. The molecular formula is C21H14BrClN2. The Kier molecular flexibility index (Phi) is 4.43. The van der Waals surface area contributed by atoms with Crippen LogP contribution in [0.1, 0.15) is 0 Å². The summed E-state index contributed by atoms with van der Waals surface area (Å²) in [5.74, 6) is 0.835. The van der Waals surface area contributed by atoms with Gasteiger partial charge >= 0.3 is 0 Å². The van der Waals surface area contributed by atoms with Crippen molar-refractivity contribution in [3.8, 4) is 33.9 Å². The second kappa shape index (κ2) is 6.87. The minimum absolute atomic E-state index is 0.699. The van der Waals surface area contributed by atoms with E-state index in [0.29, 0.717) is 5.02 Å². The van der Waals surface area contributed by atoms with E-state index < -0.39 is 0 Å². The molecule has 0 atom stereocenters. The van der Waals surface area contributed by atoms with Gasteiger partial charge in [0.25, 0.3) is 0 Å². The largest absolute Gasteiger partial charge is 0.337 e. The molecule has 0 fully saturated rings. The third-order valence-corrected chi connectivity index (χ3v) is 4.75. The van der Waals surface area contributed by atoms with Crippen molar-refractivity contribution in [2.75, 3.05) is 0 Å². The van der Waals surface area contributed by atoms with Gasteiger partial charge in [-0.1, -0.05) is 82.1 Å². The van der Waals surface area contributed by atoms with E-state index in [0.717, 1.165) is 38.4 Å². The summed E-state index contributed by atoms with van der Waals surface area (Å²) in [7, 11) is 0. The molecule has 0 aliphatic carbocycles. The van der Waals surface area contributed by atoms with Crippen LogP contribution in [0, 0.1) is 0 Å². The lowest BCUT2D eigenvalue weighted by atomic mass is 10.1. The van der Waals surface area contributed by atoms with Gasteiger partial charge in [-0.2, -0.15) is 0 Å². The summed E-state index contributed by atoms with van der Waals surface area (Å²) in [6.45, 7) is 0. The summed E-state index contributed by atoms with van der Waals surface area (Å²) in [5.41, 5.74) is 5.00. The van der Waals surface area contributed by atoms with Crippen molar-refractivity contribution in [1.29, 1.82) is 0 Å². The van der Waals surface area contributed by atoms with Gasteiger partial charge < -0.3 is 4.98 Å².